The van der Waals surface area contributed by atoms with E-state index in [1.165, 1.54) is 22.3 Å². The molecule has 1 unspecified atom stereocenters. The number of ether oxygens (including phenoxy) is 1. The second-order valence-electron chi connectivity index (χ2n) is 5.42. The van der Waals surface area contributed by atoms with Crippen molar-refractivity contribution in [2.45, 2.75) is 33.2 Å². The van der Waals surface area contributed by atoms with Crippen molar-refractivity contribution in [1.82, 2.24) is 0 Å². The van der Waals surface area contributed by atoms with Gasteiger partial charge in [-0.2, -0.15) is 0 Å². The first-order valence-corrected chi connectivity index (χ1v) is 6.98. The molecule has 2 heteroatoms. The lowest BCUT2D eigenvalue weighted by atomic mass is 9.92. The molecule has 2 aromatic rings. The average Bonchev–Trinajstić information content (AvgIpc) is 2.43. The van der Waals surface area contributed by atoms with E-state index in [-0.39, 0.29) is 6.04 Å². The third-order valence-electron chi connectivity index (χ3n) is 3.91. The fourth-order valence-corrected chi connectivity index (χ4v) is 2.60. The number of rotatable bonds is 4. The lowest BCUT2D eigenvalue weighted by molar-refractivity contribution is 0.408. The molecular weight excluding hydrogens is 246 g/mol. The smallest absolute Gasteiger partial charge is 0.122 e. The summed E-state index contributed by atoms with van der Waals surface area (Å²) in [6.45, 7) is 6.40. The van der Waals surface area contributed by atoms with Crippen LogP contribution in [-0.2, 0) is 6.42 Å². The number of nitrogens with two attached hydrogens (primary N) is 1. The van der Waals surface area contributed by atoms with Crippen molar-refractivity contribution < 1.29 is 4.74 Å². The molecule has 1 atom stereocenters. The second kappa shape index (κ2) is 6.10. The molecule has 0 saturated carbocycles. The quantitative estimate of drug-likeness (QED) is 0.914. The van der Waals surface area contributed by atoms with Crippen molar-refractivity contribution in [2.75, 3.05) is 7.11 Å². The summed E-state index contributed by atoms with van der Waals surface area (Å²) in [6, 6.07) is 12.5. The summed E-state index contributed by atoms with van der Waals surface area (Å²) in [5.41, 5.74) is 12.7. The van der Waals surface area contributed by atoms with Crippen LogP contribution < -0.4 is 10.5 Å². The Kier molecular flexibility index (Phi) is 4.46. The Morgan fingerprint density at radius 2 is 1.65 bits per heavy atom. The molecule has 0 saturated heterocycles. The second-order valence-corrected chi connectivity index (χ2v) is 5.42. The van der Waals surface area contributed by atoms with Crippen molar-refractivity contribution in [3.8, 4) is 5.75 Å². The van der Waals surface area contributed by atoms with Crippen molar-refractivity contribution in [2.24, 2.45) is 5.73 Å². The predicted octanol–water partition coefficient (Wildman–Crippen LogP) is 3.86. The molecule has 0 aliphatic heterocycles. The minimum absolute atomic E-state index is 0.00870. The van der Waals surface area contributed by atoms with Crippen LogP contribution in [0.15, 0.2) is 36.4 Å². The number of hydrogen-bond donors (Lipinski definition) is 1. The van der Waals surface area contributed by atoms with Crippen molar-refractivity contribution in [1.29, 1.82) is 0 Å². The van der Waals surface area contributed by atoms with Gasteiger partial charge in [-0.05, 0) is 61.1 Å². The number of methoxy groups -OCH3 is 1. The predicted molar refractivity (Wildman–Crippen MR) is 84.3 cm³/mol. The Bertz CT molecular complexity index is 604. The zero-order valence-corrected chi connectivity index (χ0v) is 12.7. The van der Waals surface area contributed by atoms with Gasteiger partial charge in [0, 0.05) is 6.04 Å². The molecule has 0 aliphatic carbocycles. The Morgan fingerprint density at radius 1 is 1.00 bits per heavy atom. The van der Waals surface area contributed by atoms with Gasteiger partial charge in [-0.25, -0.2) is 0 Å². The molecule has 0 bridgehead atoms. The topological polar surface area (TPSA) is 35.2 Å². The van der Waals surface area contributed by atoms with Crippen molar-refractivity contribution >= 4 is 0 Å². The molecule has 0 heterocycles. The van der Waals surface area contributed by atoms with Crippen LogP contribution in [0, 0.1) is 20.8 Å². The van der Waals surface area contributed by atoms with Crippen LogP contribution in [0.4, 0.5) is 0 Å². The zero-order chi connectivity index (χ0) is 14.7. The molecule has 2 aromatic carbocycles. The van der Waals surface area contributed by atoms with Crippen LogP contribution in [-0.4, -0.2) is 7.11 Å². The summed E-state index contributed by atoms with van der Waals surface area (Å²) in [5, 5.41) is 0. The molecule has 2 N–H and O–H groups in total. The summed E-state index contributed by atoms with van der Waals surface area (Å²) in [5.74, 6) is 0.907. The SMILES string of the molecule is COc1ccccc1CC(N)c1cc(C)c(C)cc1C. The van der Waals surface area contributed by atoms with E-state index in [1.54, 1.807) is 7.11 Å². The molecule has 0 aliphatic rings. The van der Waals surface area contributed by atoms with Crippen LogP contribution in [0.3, 0.4) is 0 Å². The normalized spacial score (nSPS) is 12.2. The van der Waals surface area contributed by atoms with E-state index in [1.807, 2.05) is 18.2 Å². The monoisotopic (exact) mass is 269 g/mol. The molecular formula is C18H23NO. The Hall–Kier alpha value is -1.80. The van der Waals surface area contributed by atoms with Crippen molar-refractivity contribution in [3.05, 3.63) is 64.2 Å². The summed E-state index contributed by atoms with van der Waals surface area (Å²) in [4.78, 5) is 0. The molecule has 2 nitrogen and oxygen atoms in total. The highest BCUT2D eigenvalue weighted by molar-refractivity contribution is 5.40. The Labute approximate surface area is 121 Å². The fourth-order valence-electron chi connectivity index (χ4n) is 2.60. The maximum absolute atomic E-state index is 6.41. The van der Waals surface area contributed by atoms with E-state index in [2.05, 4.69) is 39.0 Å². The highest BCUT2D eigenvalue weighted by atomic mass is 16.5. The number of benzene rings is 2. The first-order chi connectivity index (χ1) is 9.52. The minimum atomic E-state index is -0.00870. The van der Waals surface area contributed by atoms with Crippen molar-refractivity contribution in [3.63, 3.8) is 0 Å². The molecule has 0 fully saturated rings. The molecule has 0 aromatic heterocycles. The lowest BCUT2D eigenvalue weighted by Gasteiger charge is -2.18. The van der Waals surface area contributed by atoms with E-state index in [9.17, 15) is 0 Å². The van der Waals surface area contributed by atoms with Gasteiger partial charge < -0.3 is 10.5 Å². The maximum Gasteiger partial charge on any atom is 0.122 e. The molecule has 2 rings (SSSR count). The minimum Gasteiger partial charge on any atom is -0.496 e. The van der Waals surface area contributed by atoms with Gasteiger partial charge in [-0.3, -0.25) is 0 Å². The molecule has 20 heavy (non-hydrogen) atoms. The fraction of sp³-hybridized carbons (Fsp3) is 0.333. The molecule has 0 radical (unpaired) electrons. The summed E-state index contributed by atoms with van der Waals surface area (Å²) < 4.78 is 5.40. The van der Waals surface area contributed by atoms with Gasteiger partial charge in [0.15, 0.2) is 0 Å². The van der Waals surface area contributed by atoms with E-state index in [0.717, 1.165) is 17.7 Å². The maximum atomic E-state index is 6.41. The van der Waals surface area contributed by atoms with Gasteiger partial charge in [0.1, 0.15) is 5.75 Å². The summed E-state index contributed by atoms with van der Waals surface area (Å²) in [7, 11) is 1.70. The largest absolute Gasteiger partial charge is 0.496 e. The van der Waals surface area contributed by atoms with Crippen LogP contribution in [0.1, 0.15) is 33.9 Å². The van der Waals surface area contributed by atoms with Gasteiger partial charge >= 0.3 is 0 Å². The van der Waals surface area contributed by atoms with Crippen LogP contribution in [0.5, 0.6) is 5.75 Å². The molecule has 106 valence electrons. The molecule has 0 amide bonds. The molecule has 0 spiro atoms. The summed E-state index contributed by atoms with van der Waals surface area (Å²) >= 11 is 0. The zero-order valence-electron chi connectivity index (χ0n) is 12.7. The van der Waals surface area contributed by atoms with E-state index in [0.29, 0.717) is 0 Å². The Balaban J connectivity index is 2.28. The van der Waals surface area contributed by atoms with Crippen LogP contribution >= 0.6 is 0 Å². The van der Waals surface area contributed by atoms with Gasteiger partial charge in [0.25, 0.3) is 0 Å². The third kappa shape index (κ3) is 3.02. The Morgan fingerprint density at radius 3 is 2.35 bits per heavy atom. The van der Waals surface area contributed by atoms with Gasteiger partial charge in [-0.15, -0.1) is 0 Å². The van der Waals surface area contributed by atoms with Gasteiger partial charge in [0.05, 0.1) is 7.11 Å². The first-order valence-electron chi connectivity index (χ1n) is 6.98. The van der Waals surface area contributed by atoms with E-state index in [4.69, 9.17) is 10.5 Å². The van der Waals surface area contributed by atoms with Gasteiger partial charge in [0.2, 0.25) is 0 Å². The van der Waals surface area contributed by atoms with E-state index < -0.39 is 0 Å². The number of aryl methyl sites for hydroxylation is 3. The number of hydrogen-bond acceptors (Lipinski definition) is 2. The number of para-hydroxylation sites is 1. The van der Waals surface area contributed by atoms with Crippen LogP contribution in [0.25, 0.3) is 0 Å². The third-order valence-corrected chi connectivity index (χ3v) is 3.91. The average molecular weight is 269 g/mol. The highest BCUT2D eigenvalue weighted by Gasteiger charge is 2.13. The summed E-state index contributed by atoms with van der Waals surface area (Å²) in [6.07, 6.45) is 0.785. The van der Waals surface area contributed by atoms with E-state index >= 15 is 0 Å². The highest BCUT2D eigenvalue weighted by Crippen LogP contribution is 2.26. The standard InChI is InChI=1S/C18H23NO/c1-12-9-14(3)16(10-13(12)2)17(19)11-15-7-5-6-8-18(15)20-4/h5-10,17H,11,19H2,1-4H3. The first kappa shape index (κ1) is 14.6. The lowest BCUT2D eigenvalue weighted by Crippen LogP contribution is -2.15. The van der Waals surface area contributed by atoms with Crippen LogP contribution in [0.2, 0.25) is 0 Å². The van der Waals surface area contributed by atoms with Gasteiger partial charge in [-0.1, -0.05) is 30.3 Å².